The number of carbonyl (C=O) groups excluding carboxylic acids is 2. The smallest absolute Gasteiger partial charge is 0.348 e. The first-order valence-corrected chi connectivity index (χ1v) is 9.20. The second kappa shape index (κ2) is 7.29. The van der Waals surface area contributed by atoms with Crippen LogP contribution in [-0.4, -0.2) is 34.8 Å². The maximum absolute atomic E-state index is 12.5. The largest absolute Gasteiger partial charge is 0.451 e. The number of benzene rings is 1. The Labute approximate surface area is 156 Å². The Kier molecular flexibility index (Phi) is 5.08. The molecule has 0 bridgehead atoms. The van der Waals surface area contributed by atoms with Crippen molar-refractivity contribution in [3.8, 4) is 0 Å². The first-order valence-electron chi connectivity index (χ1n) is 8.38. The van der Waals surface area contributed by atoms with E-state index in [4.69, 9.17) is 4.74 Å². The summed E-state index contributed by atoms with van der Waals surface area (Å²) in [5.41, 5.74) is 2.70. The third-order valence-corrected chi connectivity index (χ3v) is 5.43. The molecule has 26 heavy (non-hydrogen) atoms. The van der Waals surface area contributed by atoms with Gasteiger partial charge in [-0.25, -0.2) is 4.79 Å². The number of amides is 1. The molecule has 3 rings (SSSR count). The van der Waals surface area contributed by atoms with Crippen molar-refractivity contribution in [3.05, 3.63) is 46.5 Å². The van der Waals surface area contributed by atoms with Gasteiger partial charge in [-0.3, -0.25) is 9.48 Å². The summed E-state index contributed by atoms with van der Waals surface area (Å²) in [5.74, 6) is -0.728. The number of ether oxygens (including phenoxy) is 1. The molecule has 0 aliphatic heterocycles. The van der Waals surface area contributed by atoms with Gasteiger partial charge in [-0.2, -0.15) is 5.10 Å². The molecule has 1 amide bonds. The molecule has 1 aromatic carbocycles. The molecule has 0 aliphatic rings. The fraction of sp³-hybridized carbons (Fsp3) is 0.316. The number of aromatic nitrogens is 2. The number of carbonyl (C=O) groups is 2. The Morgan fingerprint density at radius 3 is 2.65 bits per heavy atom. The molecule has 0 fully saturated rings. The third kappa shape index (κ3) is 3.35. The molecular formula is C19H21N3O3S. The van der Waals surface area contributed by atoms with Crippen LogP contribution in [0, 0.1) is 13.8 Å². The Balaban J connectivity index is 1.70. The van der Waals surface area contributed by atoms with E-state index in [-0.39, 0.29) is 12.5 Å². The SMILES string of the molecule is CCN(C(=O)COC(=O)c1cc2c(C)nn(C)c2s1)c1ccccc1C. The summed E-state index contributed by atoms with van der Waals surface area (Å²) < 4.78 is 7.01. The Morgan fingerprint density at radius 2 is 2.00 bits per heavy atom. The predicted octanol–water partition coefficient (Wildman–Crippen LogP) is 3.46. The lowest BCUT2D eigenvalue weighted by molar-refractivity contribution is -0.121. The number of thiophene rings is 1. The van der Waals surface area contributed by atoms with Crippen LogP contribution in [0.3, 0.4) is 0 Å². The highest BCUT2D eigenvalue weighted by Crippen LogP contribution is 2.28. The summed E-state index contributed by atoms with van der Waals surface area (Å²) in [6.45, 7) is 5.97. The van der Waals surface area contributed by atoms with E-state index in [2.05, 4.69) is 5.10 Å². The highest BCUT2D eigenvalue weighted by molar-refractivity contribution is 7.20. The fourth-order valence-electron chi connectivity index (χ4n) is 2.93. The predicted molar refractivity (Wildman–Crippen MR) is 103 cm³/mol. The quantitative estimate of drug-likeness (QED) is 0.644. The Bertz CT molecular complexity index is 939. The monoisotopic (exact) mass is 371 g/mol. The van der Waals surface area contributed by atoms with Gasteiger partial charge in [0.15, 0.2) is 6.61 Å². The van der Waals surface area contributed by atoms with Crippen LogP contribution >= 0.6 is 11.3 Å². The van der Waals surface area contributed by atoms with Gasteiger partial charge in [-0.15, -0.1) is 11.3 Å². The van der Waals surface area contributed by atoms with Crippen LogP contribution in [0.5, 0.6) is 0 Å². The molecule has 0 N–H and O–H groups in total. The topological polar surface area (TPSA) is 64.4 Å². The number of fused-ring (bicyclic) bond motifs is 1. The van der Waals surface area contributed by atoms with Crippen LogP contribution in [0.2, 0.25) is 0 Å². The average molecular weight is 371 g/mol. The van der Waals surface area contributed by atoms with Crippen LogP contribution in [0.25, 0.3) is 10.2 Å². The number of likely N-dealkylation sites (N-methyl/N-ethyl adjacent to an activating group) is 1. The van der Waals surface area contributed by atoms with E-state index >= 15 is 0 Å². The number of hydrogen-bond donors (Lipinski definition) is 0. The van der Waals surface area contributed by atoms with Crippen molar-refractivity contribution >= 4 is 39.1 Å². The second-order valence-electron chi connectivity index (χ2n) is 6.04. The van der Waals surface area contributed by atoms with Crippen LogP contribution in [-0.2, 0) is 16.6 Å². The van der Waals surface area contributed by atoms with Crippen LogP contribution < -0.4 is 4.90 Å². The summed E-state index contributed by atoms with van der Waals surface area (Å²) >= 11 is 1.32. The highest BCUT2D eigenvalue weighted by Gasteiger charge is 2.20. The number of hydrogen-bond acceptors (Lipinski definition) is 5. The maximum atomic E-state index is 12.5. The summed E-state index contributed by atoms with van der Waals surface area (Å²) in [5, 5.41) is 5.25. The van der Waals surface area contributed by atoms with Gasteiger partial charge in [0.2, 0.25) is 0 Å². The van der Waals surface area contributed by atoms with Gasteiger partial charge in [-0.1, -0.05) is 18.2 Å². The molecule has 7 heteroatoms. The molecule has 2 aromatic heterocycles. The maximum Gasteiger partial charge on any atom is 0.348 e. The van der Waals surface area contributed by atoms with Crippen LogP contribution in [0.4, 0.5) is 5.69 Å². The molecule has 2 heterocycles. The average Bonchev–Trinajstić information content (AvgIpc) is 3.17. The van der Waals surface area contributed by atoms with Crippen molar-refractivity contribution in [3.63, 3.8) is 0 Å². The lowest BCUT2D eigenvalue weighted by Crippen LogP contribution is -2.35. The third-order valence-electron chi connectivity index (χ3n) is 4.25. The Morgan fingerprint density at radius 1 is 1.27 bits per heavy atom. The van der Waals surface area contributed by atoms with Crippen molar-refractivity contribution in [1.82, 2.24) is 9.78 Å². The standard InChI is InChI=1S/C19H21N3O3S/c1-5-22(15-9-7-6-8-12(15)2)17(23)11-25-19(24)16-10-14-13(3)20-21(4)18(14)26-16/h6-10H,5,11H2,1-4H3. The normalized spacial score (nSPS) is 10.9. The van der Waals surface area contributed by atoms with Crippen LogP contribution in [0.1, 0.15) is 27.9 Å². The lowest BCUT2D eigenvalue weighted by atomic mass is 10.2. The zero-order valence-corrected chi connectivity index (χ0v) is 16.1. The summed E-state index contributed by atoms with van der Waals surface area (Å²) in [4.78, 5) is 27.9. The number of esters is 1. The van der Waals surface area contributed by atoms with E-state index in [1.165, 1.54) is 11.3 Å². The molecule has 0 saturated carbocycles. The van der Waals surface area contributed by atoms with Gasteiger partial charge < -0.3 is 9.64 Å². The summed E-state index contributed by atoms with van der Waals surface area (Å²) in [6.07, 6.45) is 0. The van der Waals surface area contributed by atoms with E-state index in [0.29, 0.717) is 11.4 Å². The van der Waals surface area contributed by atoms with Crippen LogP contribution in [0.15, 0.2) is 30.3 Å². The molecule has 0 atom stereocenters. The molecular weight excluding hydrogens is 350 g/mol. The van der Waals surface area contributed by atoms with Crippen molar-refractivity contribution in [1.29, 1.82) is 0 Å². The molecule has 136 valence electrons. The van der Waals surface area contributed by atoms with E-state index in [0.717, 1.165) is 27.2 Å². The number of anilines is 1. The molecule has 0 radical (unpaired) electrons. The minimum absolute atomic E-state index is 0.242. The highest BCUT2D eigenvalue weighted by atomic mass is 32.1. The minimum atomic E-state index is -0.486. The minimum Gasteiger partial charge on any atom is -0.451 e. The van der Waals surface area contributed by atoms with Gasteiger partial charge in [0.05, 0.1) is 5.69 Å². The zero-order valence-electron chi connectivity index (χ0n) is 15.3. The van der Waals surface area contributed by atoms with Gasteiger partial charge in [0.25, 0.3) is 5.91 Å². The number of para-hydroxylation sites is 1. The molecule has 0 saturated heterocycles. The first kappa shape index (κ1) is 18.1. The first-order chi connectivity index (χ1) is 12.4. The molecule has 0 unspecified atom stereocenters. The molecule has 3 aromatic rings. The fourth-order valence-corrected chi connectivity index (χ4v) is 3.95. The molecule has 0 aliphatic carbocycles. The second-order valence-corrected chi connectivity index (χ2v) is 7.07. The summed E-state index contributed by atoms with van der Waals surface area (Å²) in [7, 11) is 1.84. The number of nitrogens with zero attached hydrogens (tertiary/aromatic N) is 3. The van der Waals surface area contributed by atoms with Crippen molar-refractivity contribution in [2.45, 2.75) is 20.8 Å². The molecule has 6 nitrogen and oxygen atoms in total. The van der Waals surface area contributed by atoms with Crippen molar-refractivity contribution in [2.75, 3.05) is 18.1 Å². The van der Waals surface area contributed by atoms with Crippen molar-refractivity contribution in [2.24, 2.45) is 7.05 Å². The summed E-state index contributed by atoms with van der Waals surface area (Å²) in [6, 6.07) is 9.42. The zero-order chi connectivity index (χ0) is 18.8. The van der Waals surface area contributed by atoms with E-state index in [1.54, 1.807) is 15.6 Å². The lowest BCUT2D eigenvalue weighted by Gasteiger charge is -2.22. The van der Waals surface area contributed by atoms with E-state index < -0.39 is 5.97 Å². The Hall–Kier alpha value is -2.67. The van der Waals surface area contributed by atoms with Gasteiger partial charge >= 0.3 is 5.97 Å². The number of aryl methyl sites for hydroxylation is 3. The van der Waals surface area contributed by atoms with Gasteiger partial charge in [-0.05, 0) is 38.5 Å². The van der Waals surface area contributed by atoms with Gasteiger partial charge in [0.1, 0.15) is 9.71 Å². The number of rotatable bonds is 5. The van der Waals surface area contributed by atoms with E-state index in [9.17, 15) is 9.59 Å². The molecule has 0 spiro atoms. The van der Waals surface area contributed by atoms with E-state index in [1.807, 2.05) is 52.1 Å². The van der Waals surface area contributed by atoms with Gasteiger partial charge in [0, 0.05) is 24.7 Å². The van der Waals surface area contributed by atoms with Crippen molar-refractivity contribution < 1.29 is 14.3 Å².